The first-order chi connectivity index (χ1) is 22.3. The zero-order valence-electron chi connectivity index (χ0n) is 26.0. The van der Waals surface area contributed by atoms with Crippen LogP contribution in [0.4, 0.5) is 4.79 Å². The van der Waals surface area contributed by atoms with Crippen molar-refractivity contribution < 1.29 is 51.7 Å². The molecule has 1 aromatic heterocycles. The molecule has 1 atom stereocenters. The molecule has 2 aromatic rings. The van der Waals surface area contributed by atoms with Crippen molar-refractivity contribution in [3.63, 3.8) is 0 Å². The molecule has 47 heavy (non-hydrogen) atoms. The van der Waals surface area contributed by atoms with Crippen molar-refractivity contribution >= 4 is 39.9 Å². The van der Waals surface area contributed by atoms with Gasteiger partial charge in [0.1, 0.15) is 6.04 Å². The molecule has 2 fully saturated rings. The van der Waals surface area contributed by atoms with Gasteiger partial charge in [0.15, 0.2) is 5.69 Å². The topological polar surface area (TPSA) is 230 Å². The number of nitrogens with two attached hydrogens (primary N) is 1. The van der Waals surface area contributed by atoms with Crippen molar-refractivity contribution in [2.45, 2.75) is 62.5 Å². The van der Waals surface area contributed by atoms with Gasteiger partial charge in [0.25, 0.3) is 5.91 Å². The van der Waals surface area contributed by atoms with Gasteiger partial charge in [0.05, 0.1) is 23.8 Å². The molecule has 3 amide bonds. The maximum absolute atomic E-state index is 13.6. The lowest BCUT2D eigenvalue weighted by Gasteiger charge is -2.38. The van der Waals surface area contributed by atoms with Crippen LogP contribution in [0.5, 0.6) is 5.88 Å². The van der Waals surface area contributed by atoms with Crippen molar-refractivity contribution in [3.05, 3.63) is 36.0 Å². The van der Waals surface area contributed by atoms with Gasteiger partial charge in [-0.2, -0.15) is 5.10 Å². The third-order valence-corrected chi connectivity index (χ3v) is 8.72. The first kappa shape index (κ1) is 35.1. The van der Waals surface area contributed by atoms with E-state index in [-0.39, 0.29) is 68.0 Å². The van der Waals surface area contributed by atoms with Crippen LogP contribution >= 0.6 is 0 Å². The fourth-order valence-electron chi connectivity index (χ4n) is 5.12. The van der Waals surface area contributed by atoms with E-state index in [4.69, 9.17) is 19.3 Å². The van der Waals surface area contributed by atoms with Gasteiger partial charge in [0, 0.05) is 38.7 Å². The Balaban J connectivity index is 1.60. The summed E-state index contributed by atoms with van der Waals surface area (Å²) in [4.78, 5) is 66.0. The number of piperazine rings is 1. The summed E-state index contributed by atoms with van der Waals surface area (Å²) in [7, 11) is -4.00. The normalized spacial score (nSPS) is 16.4. The first-order valence-electron chi connectivity index (χ1n) is 15.1. The van der Waals surface area contributed by atoms with Crippen LogP contribution in [0, 0.1) is 0 Å². The highest BCUT2D eigenvalue weighted by Crippen LogP contribution is 2.38. The molecule has 256 valence electrons. The lowest BCUT2D eigenvalue weighted by molar-refractivity contribution is -0.170. The molecule has 2 heterocycles. The van der Waals surface area contributed by atoms with Crippen molar-refractivity contribution in [3.8, 4) is 11.6 Å². The number of carboxylic acids is 1. The molecule has 1 saturated carbocycles. The van der Waals surface area contributed by atoms with Crippen LogP contribution in [-0.4, -0.2) is 114 Å². The van der Waals surface area contributed by atoms with Gasteiger partial charge in [-0.15, -0.1) is 0 Å². The van der Waals surface area contributed by atoms with Crippen molar-refractivity contribution in [1.29, 1.82) is 0 Å². The summed E-state index contributed by atoms with van der Waals surface area (Å²) >= 11 is 0. The molecule has 0 bridgehead atoms. The lowest BCUT2D eigenvalue weighted by atomic mass is 9.80. The zero-order valence-corrected chi connectivity index (χ0v) is 26.9. The Bertz CT molecular complexity index is 1600. The Hall–Kier alpha value is -4.71. The standard InChI is InChI=1S/C29H38N6O11S/c1-3-44-27(40)29(12-5-13-29)46-23-18-22(32-35(23)19-6-8-20(9-7-19)47(30,42)43)25(38)31-21(10-11-24(36)37)26(39)33-14-16-34(17-15-33)28(41)45-4-2/h6-9,18,21H,3-5,10-17H2,1-2H3,(H,31,38)(H,36,37)(H2,30,42,43). The highest BCUT2D eigenvalue weighted by molar-refractivity contribution is 7.89. The predicted octanol–water partition coefficient (Wildman–Crippen LogP) is 0.648. The number of carboxylic acid groups (broad SMARTS) is 1. The molecule has 4 N–H and O–H groups in total. The van der Waals surface area contributed by atoms with Gasteiger partial charge in [0.2, 0.25) is 27.4 Å². The number of carbonyl (C=O) groups is 5. The number of hydrogen-bond acceptors (Lipinski definition) is 11. The van der Waals surface area contributed by atoms with Gasteiger partial charge in [-0.05, 0) is 63.8 Å². The van der Waals surface area contributed by atoms with Gasteiger partial charge < -0.3 is 34.4 Å². The number of esters is 1. The summed E-state index contributed by atoms with van der Waals surface area (Å²) in [6, 6.07) is 5.26. The highest BCUT2D eigenvalue weighted by Gasteiger charge is 2.49. The maximum atomic E-state index is 13.6. The number of ether oxygens (including phenoxy) is 3. The van der Waals surface area contributed by atoms with Crippen LogP contribution in [0.15, 0.2) is 35.2 Å². The van der Waals surface area contributed by atoms with E-state index in [1.54, 1.807) is 13.8 Å². The molecule has 18 heteroatoms. The minimum absolute atomic E-state index is 0.0326. The number of benzene rings is 1. The number of carbonyl (C=O) groups excluding carboxylic acids is 4. The number of aliphatic carboxylic acids is 1. The molecule has 17 nitrogen and oxygen atoms in total. The summed E-state index contributed by atoms with van der Waals surface area (Å²) < 4.78 is 41.1. The summed E-state index contributed by atoms with van der Waals surface area (Å²) in [5.74, 6) is -3.15. The molecule has 2 aliphatic rings. The highest BCUT2D eigenvalue weighted by atomic mass is 32.2. The molecule has 1 unspecified atom stereocenters. The Morgan fingerprint density at radius 3 is 2.15 bits per heavy atom. The van der Waals surface area contributed by atoms with Gasteiger partial charge in [-0.25, -0.2) is 27.8 Å². The third kappa shape index (κ3) is 8.37. The number of sulfonamides is 1. The van der Waals surface area contributed by atoms with Crippen molar-refractivity contribution in [1.82, 2.24) is 24.9 Å². The number of hydrogen-bond donors (Lipinski definition) is 3. The van der Waals surface area contributed by atoms with E-state index in [1.807, 2.05) is 0 Å². The number of rotatable bonds is 13. The Kier molecular flexibility index (Phi) is 11.1. The summed E-state index contributed by atoms with van der Waals surface area (Å²) in [6.07, 6.45) is 0.236. The van der Waals surface area contributed by atoms with Crippen LogP contribution < -0.4 is 15.2 Å². The molecule has 1 aliphatic carbocycles. The molecular weight excluding hydrogens is 640 g/mol. The summed E-state index contributed by atoms with van der Waals surface area (Å²) in [5, 5.41) is 21.4. The molecular formula is C29H38N6O11S. The van der Waals surface area contributed by atoms with E-state index in [0.717, 1.165) is 0 Å². The minimum atomic E-state index is -4.00. The Morgan fingerprint density at radius 2 is 1.62 bits per heavy atom. The molecule has 4 rings (SSSR count). The fraction of sp³-hybridized carbons (Fsp3) is 0.517. The molecule has 1 aliphatic heterocycles. The molecule has 0 spiro atoms. The second-order valence-corrected chi connectivity index (χ2v) is 12.5. The number of primary sulfonamides is 1. The average Bonchev–Trinajstić information content (AvgIpc) is 3.44. The van der Waals surface area contributed by atoms with E-state index < -0.39 is 57.9 Å². The van der Waals surface area contributed by atoms with Crippen LogP contribution in [0.2, 0.25) is 0 Å². The monoisotopic (exact) mass is 678 g/mol. The maximum Gasteiger partial charge on any atom is 0.409 e. The van der Waals surface area contributed by atoms with Crippen LogP contribution in [-0.2, 0) is 33.9 Å². The van der Waals surface area contributed by atoms with E-state index in [9.17, 15) is 37.5 Å². The second kappa shape index (κ2) is 14.8. The summed E-state index contributed by atoms with van der Waals surface area (Å²) in [5.41, 5.74) is -1.29. The average molecular weight is 679 g/mol. The third-order valence-electron chi connectivity index (χ3n) is 7.80. The fourth-order valence-corrected chi connectivity index (χ4v) is 5.64. The Morgan fingerprint density at radius 1 is 1.00 bits per heavy atom. The quantitative estimate of drug-likeness (QED) is 0.248. The van der Waals surface area contributed by atoms with Crippen molar-refractivity contribution in [2.24, 2.45) is 5.14 Å². The number of nitrogens with one attached hydrogen (secondary N) is 1. The molecule has 1 aromatic carbocycles. The van der Waals surface area contributed by atoms with Gasteiger partial charge >= 0.3 is 18.0 Å². The lowest BCUT2D eigenvalue weighted by Crippen LogP contribution is -2.56. The Labute approximate surface area is 270 Å². The largest absolute Gasteiger partial charge is 0.481 e. The molecule has 0 radical (unpaired) electrons. The number of aromatic nitrogens is 2. The van der Waals surface area contributed by atoms with Gasteiger partial charge in [-0.1, -0.05) is 0 Å². The van der Waals surface area contributed by atoms with E-state index in [1.165, 1.54) is 44.8 Å². The first-order valence-corrected chi connectivity index (χ1v) is 16.6. The van der Waals surface area contributed by atoms with Crippen LogP contribution in [0.25, 0.3) is 5.69 Å². The van der Waals surface area contributed by atoms with E-state index in [0.29, 0.717) is 19.3 Å². The van der Waals surface area contributed by atoms with E-state index in [2.05, 4.69) is 10.4 Å². The zero-order chi connectivity index (χ0) is 34.4. The predicted molar refractivity (Wildman–Crippen MR) is 162 cm³/mol. The van der Waals surface area contributed by atoms with Crippen LogP contribution in [0.3, 0.4) is 0 Å². The molecule has 1 saturated heterocycles. The second-order valence-electron chi connectivity index (χ2n) is 11.0. The van der Waals surface area contributed by atoms with Crippen LogP contribution in [0.1, 0.15) is 56.4 Å². The smallest absolute Gasteiger partial charge is 0.409 e. The van der Waals surface area contributed by atoms with Crippen molar-refractivity contribution in [2.75, 3.05) is 39.4 Å². The number of amides is 3. The SMILES string of the molecule is CCOC(=O)N1CCN(C(=O)C(CCC(=O)O)NC(=O)c2cc(OC3(C(=O)OCC)CCC3)n(-c3ccc(S(N)(=O)=O)cc3)n2)CC1. The van der Waals surface area contributed by atoms with Gasteiger partial charge in [-0.3, -0.25) is 14.4 Å². The van der Waals surface area contributed by atoms with E-state index >= 15 is 0 Å². The summed E-state index contributed by atoms with van der Waals surface area (Å²) in [6.45, 7) is 4.35. The number of nitrogens with zero attached hydrogens (tertiary/aromatic N) is 4. The minimum Gasteiger partial charge on any atom is -0.481 e.